The molecule has 0 atom stereocenters. The van der Waals surface area contributed by atoms with E-state index in [0.717, 1.165) is 6.04 Å². The number of rotatable bonds is 5. The molecule has 0 aromatic heterocycles. The molecule has 92 valence electrons. The van der Waals surface area contributed by atoms with Gasteiger partial charge < -0.3 is 5.32 Å². The largest absolute Gasteiger partial charge is 0.320 e. The maximum absolute atomic E-state index is 3.25. The molecule has 1 rings (SSSR count). The first kappa shape index (κ1) is 14.9. The summed E-state index contributed by atoms with van der Waals surface area (Å²) in [6, 6.07) is 0.731. The Balaban J connectivity index is 0.000000921. The molecule has 15 heavy (non-hydrogen) atoms. The van der Waals surface area contributed by atoms with Crippen molar-refractivity contribution in [2.75, 3.05) is 26.7 Å². The summed E-state index contributed by atoms with van der Waals surface area (Å²) < 4.78 is 0. The first-order valence-electron chi connectivity index (χ1n) is 6.52. The van der Waals surface area contributed by atoms with Gasteiger partial charge in [0.15, 0.2) is 0 Å². The van der Waals surface area contributed by atoms with Crippen molar-refractivity contribution in [2.45, 2.75) is 53.5 Å². The van der Waals surface area contributed by atoms with Crippen LogP contribution in [0.1, 0.15) is 47.5 Å². The summed E-state index contributed by atoms with van der Waals surface area (Å²) in [5.41, 5.74) is 0.632. The van der Waals surface area contributed by atoms with Crippen molar-refractivity contribution in [2.24, 2.45) is 5.41 Å². The number of hydrogen-bond acceptors (Lipinski definition) is 2. The van der Waals surface area contributed by atoms with E-state index in [0.29, 0.717) is 5.41 Å². The minimum atomic E-state index is 0.632. The molecule has 0 radical (unpaired) electrons. The van der Waals surface area contributed by atoms with Crippen LogP contribution in [-0.4, -0.2) is 37.6 Å². The standard InChI is InChI=1S/C11H24N2.C2H6/c1-5-11(6-7-12-4)8-13(9-11)10(2)3;1-2/h10,12H,5-9H2,1-4H3;1-2H3. The van der Waals surface area contributed by atoms with Crippen LogP contribution in [0.4, 0.5) is 0 Å². The van der Waals surface area contributed by atoms with E-state index < -0.39 is 0 Å². The Bertz CT molecular complexity index is 149. The van der Waals surface area contributed by atoms with Gasteiger partial charge in [0, 0.05) is 19.1 Å². The Morgan fingerprint density at radius 1 is 1.27 bits per heavy atom. The van der Waals surface area contributed by atoms with E-state index in [1.807, 2.05) is 20.9 Å². The number of nitrogens with one attached hydrogen (secondary N) is 1. The van der Waals surface area contributed by atoms with Gasteiger partial charge in [-0.2, -0.15) is 0 Å². The molecule has 1 aliphatic rings. The smallest absolute Gasteiger partial charge is 0.00536 e. The Morgan fingerprint density at radius 3 is 2.13 bits per heavy atom. The first-order chi connectivity index (χ1) is 7.13. The third kappa shape index (κ3) is 4.12. The second-order valence-corrected chi connectivity index (χ2v) is 4.71. The lowest BCUT2D eigenvalue weighted by molar-refractivity contribution is -0.0299. The third-order valence-corrected chi connectivity index (χ3v) is 3.46. The Hall–Kier alpha value is -0.0800. The molecule has 1 saturated heterocycles. The van der Waals surface area contributed by atoms with E-state index in [1.54, 1.807) is 0 Å². The fourth-order valence-corrected chi connectivity index (χ4v) is 2.13. The number of hydrogen-bond donors (Lipinski definition) is 1. The van der Waals surface area contributed by atoms with Crippen LogP contribution in [0, 0.1) is 5.41 Å². The number of nitrogens with zero attached hydrogens (tertiary/aromatic N) is 1. The summed E-state index contributed by atoms with van der Waals surface area (Å²) >= 11 is 0. The second-order valence-electron chi connectivity index (χ2n) is 4.71. The lowest BCUT2D eigenvalue weighted by Gasteiger charge is -2.52. The fourth-order valence-electron chi connectivity index (χ4n) is 2.13. The maximum atomic E-state index is 3.25. The third-order valence-electron chi connectivity index (χ3n) is 3.46. The van der Waals surface area contributed by atoms with Crippen molar-refractivity contribution >= 4 is 0 Å². The van der Waals surface area contributed by atoms with E-state index in [-0.39, 0.29) is 0 Å². The van der Waals surface area contributed by atoms with Gasteiger partial charge in [-0.3, -0.25) is 4.90 Å². The molecule has 0 unspecified atom stereocenters. The van der Waals surface area contributed by atoms with Crippen LogP contribution in [0.5, 0.6) is 0 Å². The van der Waals surface area contributed by atoms with Crippen LogP contribution >= 0.6 is 0 Å². The minimum absolute atomic E-state index is 0.632. The predicted molar refractivity (Wildman–Crippen MR) is 69.3 cm³/mol. The molecular weight excluding hydrogens is 184 g/mol. The van der Waals surface area contributed by atoms with Crippen molar-refractivity contribution in [1.82, 2.24) is 10.2 Å². The lowest BCUT2D eigenvalue weighted by atomic mass is 9.74. The molecule has 1 fully saturated rings. The monoisotopic (exact) mass is 214 g/mol. The van der Waals surface area contributed by atoms with Crippen molar-refractivity contribution < 1.29 is 0 Å². The van der Waals surface area contributed by atoms with Crippen molar-refractivity contribution in [3.63, 3.8) is 0 Å². The Kier molecular flexibility index (Phi) is 7.20. The normalized spacial score (nSPS) is 19.4. The fraction of sp³-hybridized carbons (Fsp3) is 1.00. The zero-order valence-corrected chi connectivity index (χ0v) is 11.6. The van der Waals surface area contributed by atoms with E-state index in [9.17, 15) is 0 Å². The first-order valence-corrected chi connectivity index (χ1v) is 6.52. The maximum Gasteiger partial charge on any atom is 0.00536 e. The van der Waals surface area contributed by atoms with Gasteiger partial charge in [0.05, 0.1) is 0 Å². The molecule has 1 N–H and O–H groups in total. The van der Waals surface area contributed by atoms with Gasteiger partial charge in [-0.05, 0) is 45.7 Å². The molecule has 0 aliphatic carbocycles. The van der Waals surface area contributed by atoms with E-state index in [1.165, 1.54) is 32.5 Å². The summed E-state index contributed by atoms with van der Waals surface area (Å²) in [4.78, 5) is 2.57. The quantitative estimate of drug-likeness (QED) is 0.757. The zero-order valence-electron chi connectivity index (χ0n) is 11.6. The van der Waals surface area contributed by atoms with Crippen LogP contribution in [0.3, 0.4) is 0 Å². The summed E-state index contributed by atoms with van der Waals surface area (Å²) in [5, 5.41) is 3.25. The van der Waals surface area contributed by atoms with Crippen molar-refractivity contribution in [3.8, 4) is 0 Å². The van der Waals surface area contributed by atoms with Gasteiger partial charge in [0.1, 0.15) is 0 Å². The lowest BCUT2D eigenvalue weighted by Crippen LogP contribution is -2.58. The molecule has 0 spiro atoms. The molecule has 0 amide bonds. The molecule has 0 bridgehead atoms. The predicted octanol–water partition coefficient (Wildman–Crippen LogP) is 2.74. The SMILES string of the molecule is CC.CCC1(CCNC)CN(C(C)C)C1. The summed E-state index contributed by atoms with van der Waals surface area (Å²) in [5.74, 6) is 0. The minimum Gasteiger partial charge on any atom is -0.320 e. The van der Waals surface area contributed by atoms with E-state index in [2.05, 4.69) is 31.0 Å². The highest BCUT2D eigenvalue weighted by Crippen LogP contribution is 2.37. The Morgan fingerprint density at radius 2 is 1.80 bits per heavy atom. The van der Waals surface area contributed by atoms with Crippen LogP contribution in [0.25, 0.3) is 0 Å². The van der Waals surface area contributed by atoms with E-state index in [4.69, 9.17) is 0 Å². The zero-order chi connectivity index (χ0) is 11.9. The summed E-state index contributed by atoms with van der Waals surface area (Å²) in [6.45, 7) is 14.7. The topological polar surface area (TPSA) is 15.3 Å². The summed E-state index contributed by atoms with van der Waals surface area (Å²) in [6.07, 6.45) is 2.67. The van der Waals surface area contributed by atoms with Crippen molar-refractivity contribution in [1.29, 1.82) is 0 Å². The van der Waals surface area contributed by atoms with Gasteiger partial charge in [-0.25, -0.2) is 0 Å². The molecular formula is C13H30N2. The molecule has 0 aromatic rings. The second kappa shape index (κ2) is 7.24. The van der Waals surface area contributed by atoms with E-state index >= 15 is 0 Å². The van der Waals surface area contributed by atoms with Gasteiger partial charge in [0.25, 0.3) is 0 Å². The molecule has 2 nitrogen and oxygen atoms in total. The van der Waals surface area contributed by atoms with Gasteiger partial charge in [-0.1, -0.05) is 20.8 Å². The van der Waals surface area contributed by atoms with Crippen LogP contribution in [-0.2, 0) is 0 Å². The van der Waals surface area contributed by atoms with Gasteiger partial charge >= 0.3 is 0 Å². The highest BCUT2D eigenvalue weighted by atomic mass is 15.2. The average molecular weight is 214 g/mol. The summed E-state index contributed by atoms with van der Waals surface area (Å²) in [7, 11) is 2.04. The molecule has 2 heteroatoms. The highest BCUT2D eigenvalue weighted by Gasteiger charge is 2.41. The van der Waals surface area contributed by atoms with Crippen molar-refractivity contribution in [3.05, 3.63) is 0 Å². The molecule has 0 aromatic carbocycles. The average Bonchev–Trinajstić information content (AvgIpc) is 2.19. The number of likely N-dealkylation sites (tertiary alicyclic amines) is 1. The highest BCUT2D eigenvalue weighted by molar-refractivity contribution is 4.95. The van der Waals surface area contributed by atoms with Crippen LogP contribution in [0.2, 0.25) is 0 Å². The Labute approximate surface area is 96.4 Å². The van der Waals surface area contributed by atoms with Gasteiger partial charge in [-0.15, -0.1) is 0 Å². The molecule has 0 saturated carbocycles. The molecule has 1 heterocycles. The van der Waals surface area contributed by atoms with Crippen LogP contribution in [0.15, 0.2) is 0 Å². The van der Waals surface area contributed by atoms with Gasteiger partial charge in [0.2, 0.25) is 0 Å². The molecule has 1 aliphatic heterocycles. The van der Waals surface area contributed by atoms with Crippen LogP contribution < -0.4 is 5.32 Å².